The van der Waals surface area contributed by atoms with E-state index in [0.717, 1.165) is 50.7 Å². The summed E-state index contributed by atoms with van der Waals surface area (Å²) >= 11 is 0. The number of nitrogens with one attached hydrogen (secondary N) is 2. The minimum absolute atomic E-state index is 0.451. The lowest BCUT2D eigenvalue weighted by Gasteiger charge is -2.25. The fourth-order valence-corrected chi connectivity index (χ4v) is 2.53. The summed E-state index contributed by atoms with van der Waals surface area (Å²) in [5.74, 6) is 0.761. The van der Waals surface area contributed by atoms with Crippen LogP contribution in [0, 0.1) is 0 Å². The van der Waals surface area contributed by atoms with Crippen molar-refractivity contribution in [1.82, 2.24) is 15.3 Å². The fourth-order valence-electron chi connectivity index (χ4n) is 2.53. The van der Waals surface area contributed by atoms with Crippen LogP contribution in [-0.4, -0.2) is 35.3 Å². The molecule has 98 valence electrons. The zero-order valence-corrected chi connectivity index (χ0v) is 10.8. The molecule has 0 aromatic carbocycles. The Morgan fingerprint density at radius 2 is 2.22 bits per heavy atom. The summed E-state index contributed by atoms with van der Waals surface area (Å²) < 4.78 is 5.35. The van der Waals surface area contributed by atoms with Gasteiger partial charge in [0.15, 0.2) is 0 Å². The summed E-state index contributed by atoms with van der Waals surface area (Å²) in [5.41, 5.74) is 2.41. The topological polar surface area (TPSA) is 59.1 Å². The maximum atomic E-state index is 5.35. The van der Waals surface area contributed by atoms with Crippen molar-refractivity contribution in [3.63, 3.8) is 0 Å². The zero-order valence-electron chi connectivity index (χ0n) is 10.8. The van der Waals surface area contributed by atoms with Gasteiger partial charge in [0, 0.05) is 38.0 Å². The van der Waals surface area contributed by atoms with E-state index >= 15 is 0 Å². The lowest BCUT2D eigenvalue weighted by atomic mass is 10.0. The second-order valence-corrected chi connectivity index (χ2v) is 5.18. The van der Waals surface area contributed by atoms with Gasteiger partial charge in [-0.3, -0.25) is 0 Å². The first-order chi connectivity index (χ1) is 8.81. The molecule has 0 saturated carbocycles. The molecule has 0 spiro atoms. The van der Waals surface area contributed by atoms with E-state index in [-0.39, 0.29) is 0 Å². The van der Waals surface area contributed by atoms with Crippen LogP contribution in [0.4, 0.5) is 5.95 Å². The quantitative estimate of drug-likeness (QED) is 0.821. The number of hydrogen-bond acceptors (Lipinski definition) is 5. The molecule has 18 heavy (non-hydrogen) atoms. The third kappa shape index (κ3) is 2.62. The summed E-state index contributed by atoms with van der Waals surface area (Å²) in [6.07, 6.45) is 5.07. The Morgan fingerprint density at radius 3 is 3.06 bits per heavy atom. The molecule has 1 aromatic rings. The minimum Gasteiger partial charge on any atom is -0.381 e. The van der Waals surface area contributed by atoms with Gasteiger partial charge in [-0.1, -0.05) is 0 Å². The van der Waals surface area contributed by atoms with Crippen LogP contribution in [0.3, 0.4) is 0 Å². The highest BCUT2D eigenvalue weighted by Crippen LogP contribution is 2.17. The molecule has 1 aromatic heterocycles. The number of anilines is 1. The number of ether oxygens (including phenoxy) is 1. The maximum Gasteiger partial charge on any atom is 0.223 e. The van der Waals surface area contributed by atoms with Crippen LogP contribution in [0.2, 0.25) is 0 Å². The van der Waals surface area contributed by atoms with Gasteiger partial charge < -0.3 is 15.4 Å². The minimum atomic E-state index is 0.451. The van der Waals surface area contributed by atoms with E-state index in [9.17, 15) is 0 Å². The second-order valence-electron chi connectivity index (χ2n) is 5.18. The Labute approximate surface area is 107 Å². The van der Waals surface area contributed by atoms with Gasteiger partial charge in [-0.25, -0.2) is 9.97 Å². The molecule has 0 aliphatic carbocycles. The lowest BCUT2D eigenvalue weighted by Crippen LogP contribution is -2.34. The van der Waals surface area contributed by atoms with E-state index in [1.54, 1.807) is 0 Å². The van der Waals surface area contributed by atoms with Gasteiger partial charge in [0.25, 0.3) is 0 Å². The van der Waals surface area contributed by atoms with Gasteiger partial charge in [-0.15, -0.1) is 0 Å². The Morgan fingerprint density at radius 1 is 1.39 bits per heavy atom. The number of aromatic nitrogens is 2. The summed E-state index contributed by atoms with van der Waals surface area (Å²) in [6.45, 7) is 4.71. The van der Waals surface area contributed by atoms with E-state index in [1.807, 2.05) is 6.20 Å². The summed E-state index contributed by atoms with van der Waals surface area (Å²) in [5, 5.41) is 6.84. The first kappa shape index (κ1) is 11.9. The van der Waals surface area contributed by atoms with Crippen LogP contribution in [0.1, 0.15) is 31.0 Å². The van der Waals surface area contributed by atoms with Crippen molar-refractivity contribution in [3.05, 3.63) is 17.5 Å². The highest BCUT2D eigenvalue weighted by molar-refractivity contribution is 5.32. The highest BCUT2D eigenvalue weighted by Gasteiger charge is 2.18. The fraction of sp³-hybridized carbons (Fsp3) is 0.692. The molecule has 2 aliphatic heterocycles. The van der Waals surface area contributed by atoms with E-state index in [0.29, 0.717) is 12.1 Å². The second kappa shape index (κ2) is 5.20. The maximum absolute atomic E-state index is 5.35. The van der Waals surface area contributed by atoms with Crippen molar-refractivity contribution in [2.24, 2.45) is 0 Å². The highest BCUT2D eigenvalue weighted by atomic mass is 16.5. The molecule has 2 aliphatic rings. The third-order valence-electron chi connectivity index (χ3n) is 3.65. The smallest absolute Gasteiger partial charge is 0.223 e. The van der Waals surface area contributed by atoms with Gasteiger partial charge in [0.05, 0.1) is 5.69 Å². The molecule has 1 saturated heterocycles. The molecule has 0 unspecified atom stereocenters. The van der Waals surface area contributed by atoms with Crippen LogP contribution in [-0.2, 0) is 17.7 Å². The van der Waals surface area contributed by atoms with Crippen molar-refractivity contribution in [1.29, 1.82) is 0 Å². The molecule has 3 rings (SSSR count). The van der Waals surface area contributed by atoms with E-state index in [2.05, 4.69) is 27.5 Å². The monoisotopic (exact) mass is 248 g/mol. The number of hydrogen-bond donors (Lipinski definition) is 2. The van der Waals surface area contributed by atoms with Gasteiger partial charge in [-0.05, 0) is 31.7 Å². The predicted octanol–water partition coefficient (Wildman–Crippen LogP) is 1.10. The molecule has 5 nitrogen and oxygen atoms in total. The molecule has 1 fully saturated rings. The summed E-state index contributed by atoms with van der Waals surface area (Å²) in [6, 6.07) is 0.975. The van der Waals surface area contributed by atoms with Crippen LogP contribution in [0.5, 0.6) is 0 Å². The third-order valence-corrected chi connectivity index (χ3v) is 3.65. The number of rotatable bonds is 2. The zero-order chi connectivity index (χ0) is 12.4. The molecule has 0 radical (unpaired) electrons. The van der Waals surface area contributed by atoms with Crippen LogP contribution in [0.25, 0.3) is 0 Å². The predicted molar refractivity (Wildman–Crippen MR) is 69.5 cm³/mol. The van der Waals surface area contributed by atoms with Crippen molar-refractivity contribution < 1.29 is 4.74 Å². The number of fused-ring (bicyclic) bond motifs is 1. The van der Waals surface area contributed by atoms with Crippen LogP contribution >= 0.6 is 0 Å². The normalized spacial score (nSPS) is 24.6. The van der Waals surface area contributed by atoms with Crippen molar-refractivity contribution in [2.75, 3.05) is 18.5 Å². The van der Waals surface area contributed by atoms with Gasteiger partial charge in [0.2, 0.25) is 5.95 Å². The van der Waals surface area contributed by atoms with Crippen LogP contribution in [0.15, 0.2) is 6.20 Å². The van der Waals surface area contributed by atoms with Crippen LogP contribution < -0.4 is 10.6 Å². The van der Waals surface area contributed by atoms with Gasteiger partial charge in [0.1, 0.15) is 0 Å². The average molecular weight is 248 g/mol. The summed E-state index contributed by atoms with van der Waals surface area (Å²) in [7, 11) is 0. The Bertz CT molecular complexity index is 417. The molecule has 1 atom stereocenters. The SMILES string of the molecule is C[C@@H]1Cc2cnc(NC3CCOCC3)nc2CN1. The lowest BCUT2D eigenvalue weighted by molar-refractivity contribution is 0.0903. The Hall–Kier alpha value is -1.20. The first-order valence-corrected chi connectivity index (χ1v) is 6.74. The molecule has 5 heteroatoms. The summed E-state index contributed by atoms with van der Waals surface area (Å²) in [4.78, 5) is 9.05. The van der Waals surface area contributed by atoms with Gasteiger partial charge in [-0.2, -0.15) is 0 Å². The average Bonchev–Trinajstić information content (AvgIpc) is 2.40. The Kier molecular flexibility index (Phi) is 3.43. The van der Waals surface area contributed by atoms with Crippen molar-refractivity contribution in [2.45, 2.75) is 44.8 Å². The molecule has 0 bridgehead atoms. The van der Waals surface area contributed by atoms with Crippen molar-refractivity contribution in [3.8, 4) is 0 Å². The molecule has 3 heterocycles. The number of nitrogens with zero attached hydrogens (tertiary/aromatic N) is 2. The first-order valence-electron chi connectivity index (χ1n) is 6.74. The van der Waals surface area contributed by atoms with E-state index in [4.69, 9.17) is 4.74 Å². The van der Waals surface area contributed by atoms with Crippen molar-refractivity contribution >= 4 is 5.95 Å². The van der Waals surface area contributed by atoms with E-state index in [1.165, 1.54) is 5.56 Å². The van der Waals surface area contributed by atoms with Gasteiger partial charge >= 0.3 is 0 Å². The largest absolute Gasteiger partial charge is 0.381 e. The molecule has 2 N–H and O–H groups in total. The standard InChI is InChI=1S/C13H20N4O/c1-9-6-10-7-15-13(17-12(10)8-14-9)16-11-2-4-18-5-3-11/h7,9,11,14H,2-6,8H2,1H3,(H,15,16,17)/t9-/m1/s1. The molecular weight excluding hydrogens is 228 g/mol. The molecule has 0 amide bonds. The molecular formula is C13H20N4O. The van der Waals surface area contributed by atoms with E-state index < -0.39 is 0 Å². The Balaban J connectivity index is 1.69.